The maximum absolute atomic E-state index is 12.8. The second-order valence-electron chi connectivity index (χ2n) is 6.66. The lowest BCUT2D eigenvalue weighted by Crippen LogP contribution is -2.21. The number of hydrogen-bond donors (Lipinski definition) is 1. The van der Waals surface area contributed by atoms with Crippen LogP contribution in [0.5, 0.6) is 0 Å². The summed E-state index contributed by atoms with van der Waals surface area (Å²) < 4.78 is 1.84. The molecular weight excluding hydrogens is 454 g/mol. The summed E-state index contributed by atoms with van der Waals surface area (Å²) in [7, 11) is 0. The Hall–Kier alpha value is -0.790. The van der Waals surface area contributed by atoms with E-state index < -0.39 is 0 Å². The van der Waals surface area contributed by atoms with E-state index in [4.69, 9.17) is 0 Å². The molecule has 0 aromatic carbocycles. The summed E-state index contributed by atoms with van der Waals surface area (Å²) >= 11 is 8.43. The third-order valence-corrected chi connectivity index (χ3v) is 5.60. The van der Waals surface area contributed by atoms with Gasteiger partial charge in [-0.2, -0.15) is 0 Å². The largest absolute Gasteiger partial charge is 0.301 e. The van der Waals surface area contributed by atoms with Crippen LogP contribution in [0.2, 0.25) is 0 Å². The van der Waals surface area contributed by atoms with Gasteiger partial charge in [0.1, 0.15) is 0 Å². The summed E-state index contributed by atoms with van der Waals surface area (Å²) in [5.41, 5.74) is 1.80. The number of nitrogens with zero attached hydrogens (tertiary/aromatic N) is 2. The van der Waals surface area contributed by atoms with Crippen molar-refractivity contribution in [1.82, 2.24) is 9.97 Å². The van der Waals surface area contributed by atoms with Crippen LogP contribution in [0.3, 0.4) is 0 Å². The lowest BCUT2D eigenvalue weighted by atomic mass is 9.93. The highest BCUT2D eigenvalue weighted by molar-refractivity contribution is 9.11. The normalized spacial score (nSPS) is 12.9. The first-order chi connectivity index (χ1) is 11.2. The fourth-order valence-corrected chi connectivity index (χ4v) is 4.80. The van der Waals surface area contributed by atoms with Crippen LogP contribution < -0.4 is 5.32 Å². The van der Waals surface area contributed by atoms with Gasteiger partial charge >= 0.3 is 0 Å². The van der Waals surface area contributed by atoms with Crippen molar-refractivity contribution in [3.63, 3.8) is 0 Å². The molecule has 2 aromatic heterocycles. The summed E-state index contributed by atoms with van der Waals surface area (Å²) in [6, 6.07) is 1.95. The van der Waals surface area contributed by atoms with Gasteiger partial charge in [0.25, 0.3) is 0 Å². The minimum absolute atomic E-state index is 0.0431. The van der Waals surface area contributed by atoms with E-state index >= 15 is 0 Å². The Kier molecular flexibility index (Phi) is 6.56. The number of halogens is 2. The fraction of sp³-hybridized carbons (Fsp3) is 0.471. The van der Waals surface area contributed by atoms with Gasteiger partial charge < -0.3 is 5.32 Å². The second-order valence-corrected chi connectivity index (χ2v) is 9.89. The first-order valence-electron chi connectivity index (χ1n) is 7.80. The number of amides is 1. The van der Waals surface area contributed by atoms with Crippen LogP contribution in [0.25, 0.3) is 0 Å². The number of pyridine rings is 1. The first-order valence-corrected chi connectivity index (χ1v) is 10.2. The minimum Gasteiger partial charge on any atom is -0.301 e. The Bertz CT molecular complexity index is 725. The maximum atomic E-state index is 12.8. The molecule has 7 heteroatoms. The number of anilines is 1. The van der Waals surface area contributed by atoms with Crippen molar-refractivity contribution >= 4 is 54.2 Å². The Labute approximate surface area is 163 Å². The van der Waals surface area contributed by atoms with E-state index in [2.05, 4.69) is 74.8 Å². The lowest BCUT2D eigenvalue weighted by molar-refractivity contribution is -0.117. The molecule has 24 heavy (non-hydrogen) atoms. The average Bonchev–Trinajstić information content (AvgIpc) is 2.85. The highest BCUT2D eigenvalue weighted by atomic mass is 79.9. The zero-order chi connectivity index (χ0) is 17.9. The van der Waals surface area contributed by atoms with E-state index in [9.17, 15) is 4.79 Å². The van der Waals surface area contributed by atoms with Crippen molar-refractivity contribution in [2.75, 3.05) is 5.32 Å². The van der Waals surface area contributed by atoms with Gasteiger partial charge in [0.2, 0.25) is 5.91 Å². The van der Waals surface area contributed by atoms with Gasteiger partial charge in [0.15, 0.2) is 5.13 Å². The standard InChI is InChI=1S/C17H21Br2N3OS/c1-5-6-12(10-7-11(18)9-20-8-10)15(23)22-16-21-13(14(19)24-16)17(2,3)4/h7-9,12H,5-6H2,1-4H3,(H,21,22,23). The van der Waals surface area contributed by atoms with Crippen molar-refractivity contribution in [1.29, 1.82) is 0 Å². The van der Waals surface area contributed by atoms with Crippen molar-refractivity contribution < 1.29 is 4.79 Å². The number of nitrogens with one attached hydrogen (secondary N) is 1. The SMILES string of the molecule is CCCC(C(=O)Nc1nc(C(C)(C)C)c(Br)s1)c1cncc(Br)c1. The molecule has 2 aromatic rings. The molecule has 4 nitrogen and oxygen atoms in total. The van der Waals surface area contributed by atoms with Gasteiger partial charge in [-0.1, -0.05) is 45.5 Å². The molecule has 0 aliphatic heterocycles. The molecule has 2 heterocycles. The fourth-order valence-electron chi connectivity index (χ4n) is 2.37. The molecule has 0 aliphatic rings. The van der Waals surface area contributed by atoms with Gasteiger partial charge in [-0.15, -0.1) is 0 Å². The average molecular weight is 475 g/mol. The van der Waals surface area contributed by atoms with Crippen LogP contribution in [-0.4, -0.2) is 15.9 Å². The molecule has 1 atom stereocenters. The molecule has 0 fully saturated rings. The van der Waals surface area contributed by atoms with E-state index in [1.54, 1.807) is 12.4 Å². The molecule has 1 unspecified atom stereocenters. The van der Waals surface area contributed by atoms with Crippen LogP contribution in [0, 0.1) is 0 Å². The monoisotopic (exact) mass is 473 g/mol. The molecule has 0 spiro atoms. The Balaban J connectivity index is 2.23. The first kappa shape index (κ1) is 19.5. The van der Waals surface area contributed by atoms with Crippen LogP contribution in [-0.2, 0) is 10.2 Å². The summed E-state index contributed by atoms with van der Waals surface area (Å²) in [6.45, 7) is 8.38. The topological polar surface area (TPSA) is 54.9 Å². The molecule has 0 radical (unpaired) electrons. The number of aromatic nitrogens is 2. The van der Waals surface area contributed by atoms with E-state index in [0.717, 1.165) is 32.4 Å². The zero-order valence-corrected chi connectivity index (χ0v) is 18.2. The van der Waals surface area contributed by atoms with Crippen molar-refractivity contribution in [3.05, 3.63) is 38.0 Å². The molecule has 1 amide bonds. The summed E-state index contributed by atoms with van der Waals surface area (Å²) in [5, 5.41) is 3.60. The molecule has 0 saturated heterocycles. The van der Waals surface area contributed by atoms with Crippen molar-refractivity contribution in [2.24, 2.45) is 0 Å². The zero-order valence-electron chi connectivity index (χ0n) is 14.2. The minimum atomic E-state index is -0.235. The number of thiazole rings is 1. The van der Waals surface area contributed by atoms with E-state index in [-0.39, 0.29) is 17.2 Å². The summed E-state index contributed by atoms with van der Waals surface area (Å²) in [5.74, 6) is -0.278. The van der Waals surface area contributed by atoms with Crippen molar-refractivity contribution in [2.45, 2.75) is 51.9 Å². The van der Waals surface area contributed by atoms with Gasteiger partial charge in [0, 0.05) is 22.3 Å². The Morgan fingerprint density at radius 1 is 1.33 bits per heavy atom. The van der Waals surface area contributed by atoms with Gasteiger partial charge in [-0.05, 0) is 49.9 Å². The summed E-state index contributed by atoms with van der Waals surface area (Å²) in [6.07, 6.45) is 5.16. The van der Waals surface area contributed by atoms with Gasteiger partial charge in [0.05, 0.1) is 15.4 Å². The molecule has 1 N–H and O–H groups in total. The molecule has 130 valence electrons. The maximum Gasteiger partial charge on any atom is 0.233 e. The number of carbonyl (C=O) groups is 1. The van der Waals surface area contributed by atoms with Gasteiger partial charge in [-0.3, -0.25) is 9.78 Å². The van der Waals surface area contributed by atoms with Crippen LogP contribution in [0.4, 0.5) is 5.13 Å². The molecule has 2 rings (SSSR count). The Morgan fingerprint density at radius 3 is 2.58 bits per heavy atom. The smallest absolute Gasteiger partial charge is 0.233 e. The van der Waals surface area contributed by atoms with Crippen molar-refractivity contribution in [3.8, 4) is 0 Å². The summed E-state index contributed by atoms with van der Waals surface area (Å²) in [4.78, 5) is 21.6. The van der Waals surface area contributed by atoms with E-state index in [1.807, 2.05) is 6.07 Å². The predicted molar refractivity (Wildman–Crippen MR) is 107 cm³/mol. The van der Waals surface area contributed by atoms with E-state index in [1.165, 1.54) is 11.3 Å². The number of hydrogen-bond acceptors (Lipinski definition) is 4. The molecular formula is C17H21Br2N3OS. The third kappa shape index (κ3) is 4.86. The van der Waals surface area contributed by atoms with E-state index in [0.29, 0.717) is 5.13 Å². The van der Waals surface area contributed by atoms with Crippen LogP contribution in [0.1, 0.15) is 57.7 Å². The highest BCUT2D eigenvalue weighted by Crippen LogP contribution is 2.36. The lowest BCUT2D eigenvalue weighted by Gasteiger charge is -2.16. The Morgan fingerprint density at radius 2 is 2.04 bits per heavy atom. The number of rotatable bonds is 5. The van der Waals surface area contributed by atoms with Crippen LogP contribution >= 0.6 is 43.2 Å². The third-order valence-electron chi connectivity index (χ3n) is 3.55. The quantitative estimate of drug-likeness (QED) is 0.588. The molecule has 0 bridgehead atoms. The highest BCUT2D eigenvalue weighted by Gasteiger charge is 2.25. The predicted octanol–water partition coefficient (Wildman–Crippen LogP) is 5.88. The molecule has 0 saturated carbocycles. The van der Waals surface area contributed by atoms with Gasteiger partial charge in [-0.25, -0.2) is 4.98 Å². The van der Waals surface area contributed by atoms with Crippen LogP contribution in [0.15, 0.2) is 26.7 Å². The second kappa shape index (κ2) is 8.06. The molecule has 0 aliphatic carbocycles. The number of carbonyl (C=O) groups excluding carboxylic acids is 1.